The normalized spacial score (nSPS) is 10.2. The Morgan fingerprint density at radius 1 is 1.04 bits per heavy atom. The average molecular weight is 371 g/mol. The molecule has 0 saturated heterocycles. The molecule has 0 spiro atoms. The lowest BCUT2D eigenvalue weighted by Crippen LogP contribution is -2.34. The second-order valence-electron chi connectivity index (χ2n) is 5.73. The molecule has 0 saturated carbocycles. The molecule has 136 valence electrons. The van der Waals surface area contributed by atoms with Gasteiger partial charge in [0.15, 0.2) is 5.11 Å². The van der Waals surface area contributed by atoms with E-state index in [9.17, 15) is 9.59 Å². The van der Waals surface area contributed by atoms with Crippen molar-refractivity contribution in [3.8, 4) is 5.75 Å². The second kappa shape index (κ2) is 8.96. The maximum absolute atomic E-state index is 12.5. The molecule has 2 aromatic rings. The van der Waals surface area contributed by atoms with Crippen LogP contribution in [0.1, 0.15) is 34.6 Å². The van der Waals surface area contributed by atoms with Crippen LogP contribution in [-0.4, -0.2) is 30.1 Å². The molecule has 0 unspecified atom stereocenters. The Morgan fingerprint density at radius 3 is 2.46 bits per heavy atom. The molecular formula is C19H21N3O3S. The minimum Gasteiger partial charge on any atom is -0.490 e. The summed E-state index contributed by atoms with van der Waals surface area (Å²) >= 11 is 5.20. The molecule has 6 nitrogen and oxygen atoms in total. The maximum atomic E-state index is 12.5. The van der Waals surface area contributed by atoms with Crippen molar-refractivity contribution in [3.05, 3.63) is 59.7 Å². The molecule has 2 amide bonds. The summed E-state index contributed by atoms with van der Waals surface area (Å²) in [5, 5.41) is 8.20. The largest absolute Gasteiger partial charge is 0.490 e. The topological polar surface area (TPSA) is 79.5 Å². The van der Waals surface area contributed by atoms with Gasteiger partial charge in [-0.2, -0.15) is 0 Å². The molecule has 0 atom stereocenters. The van der Waals surface area contributed by atoms with Crippen molar-refractivity contribution in [2.24, 2.45) is 0 Å². The number of carbonyl (C=O) groups excluding carboxylic acids is 2. The van der Waals surface area contributed by atoms with Crippen molar-refractivity contribution >= 4 is 34.8 Å². The van der Waals surface area contributed by atoms with Gasteiger partial charge < -0.3 is 15.4 Å². The summed E-state index contributed by atoms with van der Waals surface area (Å²) in [5.41, 5.74) is 1.48. The SMILES string of the molecule is CNC(=O)c1cccc(NC(=S)NC(=O)c2ccccc2OC(C)C)c1. The van der Waals surface area contributed by atoms with Crippen LogP contribution in [0.3, 0.4) is 0 Å². The first-order chi connectivity index (χ1) is 12.4. The van der Waals surface area contributed by atoms with Crippen LogP contribution in [0.4, 0.5) is 5.69 Å². The number of hydrogen-bond donors (Lipinski definition) is 3. The van der Waals surface area contributed by atoms with Gasteiger partial charge >= 0.3 is 0 Å². The molecule has 2 rings (SSSR count). The van der Waals surface area contributed by atoms with Gasteiger partial charge in [0.1, 0.15) is 5.75 Å². The van der Waals surface area contributed by atoms with E-state index in [1.165, 1.54) is 0 Å². The van der Waals surface area contributed by atoms with Crippen LogP contribution in [0.25, 0.3) is 0 Å². The van der Waals surface area contributed by atoms with Gasteiger partial charge in [-0.05, 0) is 56.4 Å². The Kier molecular flexibility index (Phi) is 6.68. The van der Waals surface area contributed by atoms with Crippen LogP contribution in [0.2, 0.25) is 0 Å². The number of rotatable bonds is 5. The third-order valence-corrected chi connectivity index (χ3v) is 3.54. The highest BCUT2D eigenvalue weighted by Crippen LogP contribution is 2.19. The average Bonchev–Trinajstić information content (AvgIpc) is 2.61. The first kappa shape index (κ1) is 19.4. The predicted molar refractivity (Wildman–Crippen MR) is 106 cm³/mol. The fourth-order valence-electron chi connectivity index (χ4n) is 2.23. The molecule has 0 aliphatic carbocycles. The minimum absolute atomic E-state index is 0.0542. The summed E-state index contributed by atoms with van der Waals surface area (Å²) in [4.78, 5) is 24.2. The molecule has 0 aliphatic heterocycles. The quantitative estimate of drug-likeness (QED) is 0.704. The molecule has 0 fully saturated rings. The first-order valence-electron chi connectivity index (χ1n) is 8.11. The van der Waals surface area contributed by atoms with E-state index in [-0.39, 0.29) is 23.0 Å². The highest BCUT2D eigenvalue weighted by molar-refractivity contribution is 7.80. The molecule has 26 heavy (non-hydrogen) atoms. The summed E-state index contributed by atoms with van der Waals surface area (Å²) < 4.78 is 5.65. The van der Waals surface area contributed by atoms with Gasteiger partial charge in [-0.25, -0.2) is 0 Å². The third-order valence-electron chi connectivity index (χ3n) is 3.33. The van der Waals surface area contributed by atoms with E-state index in [1.807, 2.05) is 13.8 Å². The Labute approximate surface area is 157 Å². The monoisotopic (exact) mass is 371 g/mol. The Balaban J connectivity index is 2.07. The zero-order chi connectivity index (χ0) is 19.1. The lowest BCUT2D eigenvalue weighted by molar-refractivity contribution is 0.0957. The van der Waals surface area contributed by atoms with Crippen LogP contribution in [0, 0.1) is 0 Å². The van der Waals surface area contributed by atoms with Crippen LogP contribution in [-0.2, 0) is 0 Å². The van der Waals surface area contributed by atoms with Crippen molar-refractivity contribution < 1.29 is 14.3 Å². The van der Waals surface area contributed by atoms with E-state index in [0.717, 1.165) is 0 Å². The summed E-state index contributed by atoms with van der Waals surface area (Å²) in [5.74, 6) is -0.0889. The number of thiocarbonyl (C=S) groups is 1. The highest BCUT2D eigenvalue weighted by atomic mass is 32.1. The zero-order valence-electron chi connectivity index (χ0n) is 14.8. The standard InChI is InChI=1S/C19H21N3O3S/c1-12(2)25-16-10-5-4-9-15(16)18(24)22-19(26)21-14-8-6-7-13(11-14)17(23)20-3/h4-12H,1-3H3,(H,20,23)(H2,21,22,24,26). The molecular weight excluding hydrogens is 350 g/mol. The molecule has 3 N–H and O–H groups in total. The Bertz CT molecular complexity index is 821. The number of hydrogen-bond acceptors (Lipinski definition) is 4. The number of para-hydroxylation sites is 1. The van der Waals surface area contributed by atoms with E-state index in [2.05, 4.69) is 16.0 Å². The molecule has 0 heterocycles. The fraction of sp³-hybridized carbons (Fsp3) is 0.211. The van der Waals surface area contributed by atoms with Crippen molar-refractivity contribution in [1.29, 1.82) is 0 Å². The van der Waals surface area contributed by atoms with E-state index < -0.39 is 0 Å². The Morgan fingerprint density at radius 2 is 1.77 bits per heavy atom. The van der Waals surface area contributed by atoms with E-state index in [0.29, 0.717) is 22.6 Å². The van der Waals surface area contributed by atoms with E-state index in [1.54, 1.807) is 55.6 Å². The van der Waals surface area contributed by atoms with Gasteiger partial charge in [-0.3, -0.25) is 14.9 Å². The Hall–Kier alpha value is -2.93. The fourth-order valence-corrected chi connectivity index (χ4v) is 2.44. The van der Waals surface area contributed by atoms with Crippen molar-refractivity contribution in [2.45, 2.75) is 20.0 Å². The lowest BCUT2D eigenvalue weighted by atomic mass is 10.2. The van der Waals surface area contributed by atoms with Gasteiger partial charge in [0, 0.05) is 18.3 Å². The van der Waals surface area contributed by atoms with Crippen LogP contribution in [0.5, 0.6) is 5.75 Å². The summed E-state index contributed by atoms with van der Waals surface area (Å²) in [6.45, 7) is 3.78. The van der Waals surface area contributed by atoms with Crippen molar-refractivity contribution in [3.63, 3.8) is 0 Å². The molecule has 0 aliphatic rings. The van der Waals surface area contributed by atoms with Crippen LogP contribution in [0.15, 0.2) is 48.5 Å². The third kappa shape index (κ3) is 5.29. The molecule has 0 aromatic heterocycles. The summed E-state index contributed by atoms with van der Waals surface area (Å²) in [6.07, 6.45) is -0.0542. The van der Waals surface area contributed by atoms with Gasteiger partial charge in [-0.1, -0.05) is 18.2 Å². The number of nitrogens with one attached hydrogen (secondary N) is 3. The number of carbonyl (C=O) groups is 2. The number of benzene rings is 2. The van der Waals surface area contributed by atoms with Gasteiger partial charge in [0.2, 0.25) is 0 Å². The van der Waals surface area contributed by atoms with Crippen molar-refractivity contribution in [1.82, 2.24) is 10.6 Å². The van der Waals surface area contributed by atoms with E-state index >= 15 is 0 Å². The van der Waals surface area contributed by atoms with Gasteiger partial charge in [0.05, 0.1) is 11.7 Å². The summed E-state index contributed by atoms with van der Waals surface area (Å²) in [6, 6.07) is 13.8. The zero-order valence-corrected chi connectivity index (χ0v) is 15.6. The number of anilines is 1. The molecule has 0 bridgehead atoms. The number of ether oxygens (including phenoxy) is 1. The summed E-state index contributed by atoms with van der Waals surface area (Å²) in [7, 11) is 1.56. The minimum atomic E-state index is -0.374. The second-order valence-corrected chi connectivity index (χ2v) is 6.14. The van der Waals surface area contributed by atoms with Crippen molar-refractivity contribution in [2.75, 3.05) is 12.4 Å². The molecule has 7 heteroatoms. The molecule has 2 aromatic carbocycles. The predicted octanol–water partition coefficient (Wildman–Crippen LogP) is 2.96. The van der Waals surface area contributed by atoms with Crippen LogP contribution >= 0.6 is 12.2 Å². The van der Waals surface area contributed by atoms with Crippen LogP contribution < -0.4 is 20.7 Å². The molecule has 0 radical (unpaired) electrons. The van der Waals surface area contributed by atoms with Gasteiger partial charge in [-0.15, -0.1) is 0 Å². The maximum Gasteiger partial charge on any atom is 0.261 e. The van der Waals surface area contributed by atoms with E-state index in [4.69, 9.17) is 17.0 Å². The first-order valence-corrected chi connectivity index (χ1v) is 8.51. The lowest BCUT2D eigenvalue weighted by Gasteiger charge is -2.15. The highest BCUT2D eigenvalue weighted by Gasteiger charge is 2.14. The smallest absolute Gasteiger partial charge is 0.261 e. The number of amides is 2. The van der Waals surface area contributed by atoms with Gasteiger partial charge in [0.25, 0.3) is 11.8 Å².